The number of fused-ring (bicyclic) bond motifs is 1. The van der Waals surface area contributed by atoms with Crippen LogP contribution in [-0.2, 0) is 0 Å². The Kier molecular flexibility index (Phi) is 2.57. The molecule has 0 saturated heterocycles. The van der Waals surface area contributed by atoms with Crippen LogP contribution in [0.5, 0.6) is 0 Å². The van der Waals surface area contributed by atoms with Gasteiger partial charge >= 0.3 is 0 Å². The van der Waals surface area contributed by atoms with Crippen molar-refractivity contribution in [2.24, 2.45) is 0 Å². The zero-order valence-electron chi connectivity index (χ0n) is 7.99. The predicted molar refractivity (Wildman–Crippen MR) is 62.6 cm³/mol. The van der Waals surface area contributed by atoms with Crippen LogP contribution in [0, 0.1) is 12.0 Å². The first kappa shape index (κ1) is 9.94. The molecule has 0 saturated carbocycles. The molecule has 1 heterocycles. The van der Waals surface area contributed by atoms with E-state index in [0.29, 0.717) is 15.6 Å². The Morgan fingerprint density at radius 1 is 1.40 bits per heavy atom. The van der Waals surface area contributed by atoms with E-state index in [0.717, 1.165) is 0 Å². The van der Waals surface area contributed by atoms with Crippen molar-refractivity contribution < 1.29 is 0 Å². The van der Waals surface area contributed by atoms with Crippen molar-refractivity contribution >= 4 is 26.8 Å². The van der Waals surface area contributed by atoms with E-state index in [4.69, 9.17) is 0 Å². The highest BCUT2D eigenvalue weighted by Crippen LogP contribution is 2.10. The van der Waals surface area contributed by atoms with Gasteiger partial charge in [0, 0.05) is 6.04 Å². The summed E-state index contributed by atoms with van der Waals surface area (Å²) in [5, 5.41) is 0.573. The molecule has 0 radical (unpaired) electrons. The van der Waals surface area contributed by atoms with Gasteiger partial charge in [-0.3, -0.25) is 4.79 Å². The fraction of sp³-hybridized carbons (Fsp3) is 0.0909. The highest BCUT2D eigenvalue weighted by Gasteiger charge is 2.05. The maximum Gasteiger partial charge on any atom is 0.273 e. The van der Waals surface area contributed by atoms with Crippen molar-refractivity contribution in [1.82, 2.24) is 9.55 Å². The highest BCUT2D eigenvalue weighted by atomic mass is 79.9. The number of aromatic nitrogens is 2. The molecule has 4 heteroatoms. The molecule has 0 aliphatic heterocycles. The summed E-state index contributed by atoms with van der Waals surface area (Å²) in [4.78, 5) is 16.2. The molecule has 74 valence electrons. The van der Waals surface area contributed by atoms with Gasteiger partial charge in [-0.2, -0.15) is 0 Å². The van der Waals surface area contributed by atoms with Crippen LogP contribution in [-0.4, -0.2) is 9.55 Å². The zero-order valence-corrected chi connectivity index (χ0v) is 9.58. The zero-order chi connectivity index (χ0) is 10.8. The third-order valence-corrected chi connectivity index (χ3v) is 2.49. The van der Waals surface area contributed by atoms with E-state index in [2.05, 4.69) is 32.9 Å². The molecule has 0 spiro atoms. The first-order valence-corrected chi connectivity index (χ1v) is 5.13. The molecule has 0 N–H and O–H groups in total. The largest absolute Gasteiger partial charge is 0.273 e. The van der Waals surface area contributed by atoms with E-state index in [1.807, 2.05) is 12.1 Å². The Balaban J connectivity index is 2.95. The molecule has 15 heavy (non-hydrogen) atoms. The van der Waals surface area contributed by atoms with Crippen molar-refractivity contribution in [2.75, 3.05) is 0 Å². The SMILES string of the molecule is CC#Cn1c(Br)nc2ccccc2c1=O. The van der Waals surface area contributed by atoms with E-state index in [-0.39, 0.29) is 5.56 Å². The second-order valence-electron chi connectivity index (χ2n) is 2.90. The second kappa shape index (κ2) is 3.87. The molecule has 2 rings (SSSR count). The van der Waals surface area contributed by atoms with E-state index in [1.165, 1.54) is 4.57 Å². The molecule has 1 aromatic heterocycles. The maximum absolute atomic E-state index is 11.9. The van der Waals surface area contributed by atoms with Crippen LogP contribution in [0.15, 0.2) is 33.8 Å². The standard InChI is InChI=1S/C11H7BrN2O/c1-2-7-14-10(15)8-5-3-4-6-9(8)13-11(14)12/h3-6H,1H3. The van der Waals surface area contributed by atoms with Gasteiger partial charge in [0.05, 0.1) is 10.9 Å². The van der Waals surface area contributed by atoms with Crippen LogP contribution in [0.3, 0.4) is 0 Å². The van der Waals surface area contributed by atoms with Crippen molar-refractivity contribution in [3.05, 3.63) is 39.4 Å². The molecule has 0 fully saturated rings. The molecule has 0 bridgehead atoms. The van der Waals surface area contributed by atoms with E-state index >= 15 is 0 Å². The second-order valence-corrected chi connectivity index (χ2v) is 3.61. The Hall–Kier alpha value is -1.60. The topological polar surface area (TPSA) is 34.9 Å². The lowest BCUT2D eigenvalue weighted by Gasteiger charge is -2.01. The van der Waals surface area contributed by atoms with Crippen LogP contribution in [0.25, 0.3) is 10.9 Å². The third kappa shape index (κ3) is 1.66. The number of benzene rings is 1. The summed E-state index contributed by atoms with van der Waals surface area (Å²) in [7, 11) is 0. The Morgan fingerprint density at radius 3 is 2.87 bits per heavy atom. The van der Waals surface area contributed by atoms with Crippen LogP contribution in [0.4, 0.5) is 0 Å². The van der Waals surface area contributed by atoms with Gasteiger partial charge in [-0.05, 0) is 35.0 Å². The first-order chi connectivity index (χ1) is 7.24. The number of para-hydroxylation sites is 1. The van der Waals surface area contributed by atoms with E-state index < -0.39 is 0 Å². The van der Waals surface area contributed by atoms with Gasteiger partial charge < -0.3 is 0 Å². The van der Waals surface area contributed by atoms with Gasteiger partial charge in [0.2, 0.25) is 0 Å². The molecule has 0 aliphatic carbocycles. The number of halogens is 1. The van der Waals surface area contributed by atoms with Gasteiger partial charge in [-0.1, -0.05) is 18.1 Å². The summed E-state index contributed by atoms with van der Waals surface area (Å²) in [5.41, 5.74) is 0.519. The molecule has 1 aromatic carbocycles. The summed E-state index contributed by atoms with van der Waals surface area (Å²) >= 11 is 3.22. The summed E-state index contributed by atoms with van der Waals surface area (Å²) < 4.78 is 1.73. The van der Waals surface area contributed by atoms with Gasteiger partial charge in [-0.15, -0.1) is 0 Å². The monoisotopic (exact) mass is 262 g/mol. The van der Waals surface area contributed by atoms with Crippen LogP contribution >= 0.6 is 15.9 Å². The highest BCUT2D eigenvalue weighted by molar-refractivity contribution is 9.10. The number of hydrogen-bond donors (Lipinski definition) is 0. The minimum Gasteiger partial charge on any atom is -0.267 e. The summed E-state index contributed by atoms with van der Waals surface area (Å²) in [6.45, 7) is 1.67. The lowest BCUT2D eigenvalue weighted by atomic mass is 10.2. The van der Waals surface area contributed by atoms with Crippen molar-refractivity contribution in [3.63, 3.8) is 0 Å². The number of rotatable bonds is 0. The molecule has 0 unspecified atom stereocenters. The van der Waals surface area contributed by atoms with E-state index in [9.17, 15) is 4.79 Å². The maximum atomic E-state index is 11.9. The minimum atomic E-state index is -0.151. The smallest absolute Gasteiger partial charge is 0.267 e. The average Bonchev–Trinajstić information content (AvgIpc) is 2.24. The molecular formula is C11H7BrN2O. The summed E-state index contributed by atoms with van der Waals surface area (Å²) in [6, 6.07) is 9.87. The third-order valence-electron chi connectivity index (χ3n) is 1.96. The van der Waals surface area contributed by atoms with E-state index in [1.54, 1.807) is 19.1 Å². The lowest BCUT2D eigenvalue weighted by Crippen LogP contribution is -2.18. The molecule has 0 amide bonds. The molecule has 0 aliphatic rings. The Labute approximate surface area is 94.9 Å². The molecule has 0 atom stereocenters. The van der Waals surface area contributed by atoms with Gasteiger partial charge in [0.15, 0.2) is 4.73 Å². The number of hydrogen-bond acceptors (Lipinski definition) is 2. The van der Waals surface area contributed by atoms with Crippen molar-refractivity contribution in [3.8, 4) is 12.0 Å². The van der Waals surface area contributed by atoms with Gasteiger partial charge in [0.25, 0.3) is 5.56 Å². The molecular weight excluding hydrogens is 256 g/mol. The van der Waals surface area contributed by atoms with Gasteiger partial charge in [-0.25, -0.2) is 9.55 Å². The first-order valence-electron chi connectivity index (χ1n) is 4.34. The Morgan fingerprint density at radius 2 is 2.13 bits per heavy atom. The fourth-order valence-corrected chi connectivity index (χ4v) is 1.76. The average molecular weight is 263 g/mol. The molecule has 2 aromatic rings. The quantitative estimate of drug-likeness (QED) is 0.538. The minimum absolute atomic E-state index is 0.151. The van der Waals surface area contributed by atoms with Crippen molar-refractivity contribution in [1.29, 1.82) is 0 Å². The van der Waals surface area contributed by atoms with Crippen LogP contribution in [0.1, 0.15) is 6.92 Å². The number of nitrogens with zero attached hydrogens (tertiary/aromatic N) is 2. The van der Waals surface area contributed by atoms with Crippen LogP contribution < -0.4 is 5.56 Å². The molecule has 3 nitrogen and oxygen atoms in total. The summed E-state index contributed by atoms with van der Waals surface area (Å²) in [5.74, 6) is 2.67. The van der Waals surface area contributed by atoms with Gasteiger partial charge in [0.1, 0.15) is 0 Å². The van der Waals surface area contributed by atoms with Crippen LogP contribution in [0.2, 0.25) is 0 Å². The van der Waals surface area contributed by atoms with Crippen molar-refractivity contribution in [2.45, 2.75) is 6.92 Å². The normalized spacial score (nSPS) is 9.73. The fourth-order valence-electron chi connectivity index (χ4n) is 1.31. The summed E-state index contributed by atoms with van der Waals surface area (Å²) in [6.07, 6.45) is 0. The Bertz CT molecular complexity index is 634. The lowest BCUT2D eigenvalue weighted by molar-refractivity contribution is 0.960. The predicted octanol–water partition coefficient (Wildman–Crippen LogP) is 1.99.